The molecule has 0 aliphatic carbocycles. The van der Waals surface area contributed by atoms with E-state index in [4.69, 9.17) is 16.9 Å². The van der Waals surface area contributed by atoms with E-state index in [2.05, 4.69) is 20.5 Å². The summed E-state index contributed by atoms with van der Waals surface area (Å²) in [4.78, 5) is 4.07. The highest BCUT2D eigenvalue weighted by atomic mass is 35.5. The molecule has 80 valence electrons. The predicted molar refractivity (Wildman–Crippen MR) is 56.9 cm³/mol. The van der Waals surface area contributed by atoms with Gasteiger partial charge in [0, 0.05) is 7.05 Å². The van der Waals surface area contributed by atoms with Gasteiger partial charge in [-0.2, -0.15) is 5.26 Å². The quantitative estimate of drug-likeness (QED) is 0.749. The van der Waals surface area contributed by atoms with E-state index in [1.54, 1.807) is 13.1 Å². The molecule has 0 spiro atoms. The van der Waals surface area contributed by atoms with Crippen molar-refractivity contribution in [2.45, 2.75) is 10.2 Å². The minimum Gasteiger partial charge on any atom is -0.229 e. The van der Waals surface area contributed by atoms with Gasteiger partial charge in [-0.15, -0.1) is 5.10 Å². The van der Waals surface area contributed by atoms with Gasteiger partial charge in [-0.1, -0.05) is 11.6 Å². The summed E-state index contributed by atoms with van der Waals surface area (Å²) in [6.07, 6.45) is 0. The number of aromatic nitrogens is 5. The first-order valence-electron chi connectivity index (χ1n) is 4.17. The lowest BCUT2D eigenvalue weighted by Crippen LogP contribution is -1.93. The molecule has 0 amide bonds. The van der Waals surface area contributed by atoms with Crippen LogP contribution in [0, 0.1) is 11.3 Å². The van der Waals surface area contributed by atoms with Crippen LogP contribution in [0.1, 0.15) is 5.56 Å². The molecule has 2 aromatic rings. The highest BCUT2D eigenvalue weighted by Gasteiger charge is 2.08. The first kappa shape index (κ1) is 10.9. The average molecular weight is 253 g/mol. The lowest BCUT2D eigenvalue weighted by molar-refractivity contribution is 0.664. The SMILES string of the molecule is Cn1nnnc1Sc1cc(C#N)cc(Cl)n1. The summed E-state index contributed by atoms with van der Waals surface area (Å²) in [7, 11) is 1.72. The maximum atomic E-state index is 8.78. The number of hydrogen-bond acceptors (Lipinski definition) is 6. The van der Waals surface area contributed by atoms with Crippen molar-refractivity contribution < 1.29 is 0 Å². The minimum absolute atomic E-state index is 0.275. The molecular weight excluding hydrogens is 248 g/mol. The monoisotopic (exact) mass is 252 g/mol. The molecule has 0 aromatic carbocycles. The molecule has 8 heteroatoms. The molecule has 0 saturated heterocycles. The summed E-state index contributed by atoms with van der Waals surface area (Å²) < 4.78 is 1.51. The van der Waals surface area contributed by atoms with Crippen LogP contribution in [0.25, 0.3) is 0 Å². The van der Waals surface area contributed by atoms with Crippen molar-refractivity contribution in [1.29, 1.82) is 5.26 Å². The Balaban J connectivity index is 2.32. The van der Waals surface area contributed by atoms with Crippen LogP contribution in [-0.2, 0) is 7.05 Å². The van der Waals surface area contributed by atoms with E-state index >= 15 is 0 Å². The number of nitriles is 1. The van der Waals surface area contributed by atoms with Crippen LogP contribution < -0.4 is 0 Å². The van der Waals surface area contributed by atoms with E-state index in [0.29, 0.717) is 15.7 Å². The fraction of sp³-hybridized carbons (Fsp3) is 0.125. The molecule has 2 rings (SSSR count). The van der Waals surface area contributed by atoms with Crippen LogP contribution >= 0.6 is 23.4 Å². The number of halogens is 1. The van der Waals surface area contributed by atoms with Crippen LogP contribution in [0.15, 0.2) is 22.3 Å². The summed E-state index contributed by atoms with van der Waals surface area (Å²) in [5, 5.41) is 21.2. The molecule has 2 aromatic heterocycles. The van der Waals surface area contributed by atoms with Crippen molar-refractivity contribution in [2.75, 3.05) is 0 Å². The Labute approximate surface area is 100 Å². The van der Waals surface area contributed by atoms with Gasteiger partial charge in [0.25, 0.3) is 0 Å². The second-order valence-corrected chi connectivity index (χ2v) is 4.19. The van der Waals surface area contributed by atoms with Gasteiger partial charge >= 0.3 is 0 Å². The van der Waals surface area contributed by atoms with Crippen LogP contribution in [-0.4, -0.2) is 25.2 Å². The van der Waals surface area contributed by atoms with Gasteiger partial charge in [-0.05, 0) is 34.3 Å². The Morgan fingerprint density at radius 3 is 2.94 bits per heavy atom. The maximum Gasteiger partial charge on any atom is 0.215 e. The standard InChI is InChI=1S/C8H5ClN6S/c1-15-8(12-13-14-15)16-7-3-5(4-10)2-6(9)11-7/h2-3H,1H3. The van der Waals surface area contributed by atoms with Crippen LogP contribution in [0.5, 0.6) is 0 Å². The van der Waals surface area contributed by atoms with E-state index in [-0.39, 0.29) is 5.15 Å². The van der Waals surface area contributed by atoms with Gasteiger partial charge in [0.15, 0.2) is 0 Å². The van der Waals surface area contributed by atoms with E-state index < -0.39 is 0 Å². The maximum absolute atomic E-state index is 8.78. The highest BCUT2D eigenvalue weighted by molar-refractivity contribution is 7.99. The molecule has 6 nitrogen and oxygen atoms in total. The largest absolute Gasteiger partial charge is 0.229 e. The minimum atomic E-state index is 0.275. The summed E-state index contributed by atoms with van der Waals surface area (Å²) in [6.45, 7) is 0. The molecule has 0 unspecified atom stereocenters. The van der Waals surface area contributed by atoms with Crippen molar-refractivity contribution in [2.24, 2.45) is 7.05 Å². The number of pyridine rings is 1. The third-order valence-electron chi connectivity index (χ3n) is 1.68. The Morgan fingerprint density at radius 1 is 1.50 bits per heavy atom. The van der Waals surface area contributed by atoms with Crippen molar-refractivity contribution >= 4 is 23.4 Å². The first-order valence-corrected chi connectivity index (χ1v) is 5.36. The number of hydrogen-bond donors (Lipinski definition) is 0. The summed E-state index contributed by atoms with van der Waals surface area (Å²) in [5.41, 5.74) is 0.456. The van der Waals surface area contributed by atoms with E-state index in [0.717, 1.165) is 0 Å². The topological polar surface area (TPSA) is 80.3 Å². The molecule has 0 aliphatic heterocycles. The smallest absolute Gasteiger partial charge is 0.215 e. The first-order chi connectivity index (χ1) is 7.69. The number of rotatable bonds is 2. The lowest BCUT2D eigenvalue weighted by atomic mass is 10.3. The Kier molecular flexibility index (Phi) is 3.03. The summed E-state index contributed by atoms with van der Waals surface area (Å²) in [6, 6.07) is 5.14. The van der Waals surface area contributed by atoms with E-state index in [1.165, 1.54) is 22.5 Å². The van der Waals surface area contributed by atoms with Crippen molar-refractivity contribution in [3.8, 4) is 6.07 Å². The molecular formula is C8H5ClN6S. The second-order valence-electron chi connectivity index (χ2n) is 2.82. The predicted octanol–water partition coefficient (Wildman–Crippen LogP) is 1.28. The normalized spacial score (nSPS) is 10.1. The van der Waals surface area contributed by atoms with Crippen molar-refractivity contribution in [3.05, 3.63) is 22.8 Å². The molecule has 0 radical (unpaired) electrons. The molecule has 0 saturated carbocycles. The summed E-state index contributed by atoms with van der Waals surface area (Å²) >= 11 is 7.02. The van der Waals surface area contributed by atoms with Crippen LogP contribution in [0.2, 0.25) is 5.15 Å². The zero-order valence-corrected chi connectivity index (χ0v) is 9.70. The fourth-order valence-corrected chi connectivity index (χ4v) is 2.01. The van der Waals surface area contributed by atoms with Gasteiger partial charge in [0.05, 0.1) is 11.6 Å². The van der Waals surface area contributed by atoms with Gasteiger partial charge in [0.1, 0.15) is 10.2 Å². The van der Waals surface area contributed by atoms with Gasteiger partial charge in [-0.25, -0.2) is 9.67 Å². The average Bonchev–Trinajstić information content (AvgIpc) is 2.63. The van der Waals surface area contributed by atoms with Gasteiger partial charge in [0.2, 0.25) is 5.16 Å². The number of nitrogens with zero attached hydrogens (tertiary/aromatic N) is 6. The van der Waals surface area contributed by atoms with Gasteiger partial charge in [-0.3, -0.25) is 0 Å². The molecule has 0 aliphatic rings. The molecule has 2 heterocycles. The number of tetrazole rings is 1. The van der Waals surface area contributed by atoms with Gasteiger partial charge < -0.3 is 0 Å². The number of aryl methyl sites for hydroxylation is 1. The summed E-state index contributed by atoms with van der Waals surface area (Å²) in [5.74, 6) is 0. The van der Waals surface area contributed by atoms with Crippen molar-refractivity contribution in [1.82, 2.24) is 25.2 Å². The van der Waals surface area contributed by atoms with Crippen LogP contribution in [0.3, 0.4) is 0 Å². The van der Waals surface area contributed by atoms with E-state index in [9.17, 15) is 0 Å². The fourth-order valence-electron chi connectivity index (χ4n) is 0.991. The molecule has 0 atom stereocenters. The van der Waals surface area contributed by atoms with E-state index in [1.807, 2.05) is 6.07 Å². The Hall–Kier alpha value is -1.65. The molecule has 0 N–H and O–H groups in total. The zero-order chi connectivity index (χ0) is 11.5. The Morgan fingerprint density at radius 2 is 2.31 bits per heavy atom. The third-order valence-corrected chi connectivity index (χ3v) is 2.82. The molecule has 16 heavy (non-hydrogen) atoms. The van der Waals surface area contributed by atoms with Crippen LogP contribution in [0.4, 0.5) is 0 Å². The zero-order valence-electron chi connectivity index (χ0n) is 8.12. The van der Waals surface area contributed by atoms with Crippen molar-refractivity contribution in [3.63, 3.8) is 0 Å². The lowest BCUT2D eigenvalue weighted by Gasteiger charge is -1.99. The second kappa shape index (κ2) is 4.47. The highest BCUT2D eigenvalue weighted by Crippen LogP contribution is 2.25. The molecule has 0 bridgehead atoms. The molecule has 0 fully saturated rings. The third kappa shape index (κ3) is 2.29. The Bertz CT molecular complexity index is 560.